The number of ether oxygens (including phenoxy) is 1. The van der Waals surface area contributed by atoms with Crippen LogP contribution >= 0.6 is 12.4 Å². The number of carbonyl (C=O) groups excluding carboxylic acids is 2. The molecule has 3 atom stereocenters. The summed E-state index contributed by atoms with van der Waals surface area (Å²) in [6, 6.07) is -0.331. The second kappa shape index (κ2) is 7.07. The summed E-state index contributed by atoms with van der Waals surface area (Å²) in [5, 5.41) is 2.61. The van der Waals surface area contributed by atoms with Crippen LogP contribution in [-0.2, 0) is 14.3 Å². The first-order valence-corrected chi connectivity index (χ1v) is 6.55. The van der Waals surface area contributed by atoms with Crippen molar-refractivity contribution in [2.45, 2.75) is 43.9 Å². The molecule has 0 spiro atoms. The van der Waals surface area contributed by atoms with Gasteiger partial charge in [-0.2, -0.15) is 0 Å². The number of hydrogen-bond acceptors (Lipinski definition) is 4. The molecule has 110 valence electrons. The number of rotatable bonds is 3. The molecule has 0 aromatic carbocycles. The van der Waals surface area contributed by atoms with Gasteiger partial charge >= 0.3 is 0 Å². The zero-order valence-corrected chi connectivity index (χ0v) is 11.9. The standard InChI is InChI=1S/C12H21N3O3.ClH/c1-14-11(16)9-3-2-6-15(9)12(17)10-5-4-8(7-13)18-10;/h8-10H,2-7,13H2,1H3,(H,14,16);1H/t8-,9?,10+;/m1./s1. The highest BCUT2D eigenvalue weighted by atomic mass is 35.5. The summed E-state index contributed by atoms with van der Waals surface area (Å²) in [5.41, 5.74) is 5.53. The fourth-order valence-corrected chi connectivity index (χ4v) is 2.72. The van der Waals surface area contributed by atoms with Crippen molar-refractivity contribution in [1.82, 2.24) is 10.2 Å². The molecule has 1 unspecified atom stereocenters. The molecule has 0 radical (unpaired) electrons. The normalized spacial score (nSPS) is 30.0. The molecule has 0 aliphatic carbocycles. The van der Waals surface area contributed by atoms with Crippen LogP contribution in [0.15, 0.2) is 0 Å². The molecule has 2 aliphatic rings. The smallest absolute Gasteiger partial charge is 0.252 e. The predicted octanol–water partition coefficient (Wildman–Crippen LogP) is -0.348. The molecule has 7 heteroatoms. The molecule has 2 aliphatic heterocycles. The topological polar surface area (TPSA) is 84.7 Å². The van der Waals surface area contributed by atoms with Crippen LogP contribution in [-0.4, -0.2) is 55.1 Å². The molecule has 0 bridgehead atoms. The lowest BCUT2D eigenvalue weighted by atomic mass is 10.1. The lowest BCUT2D eigenvalue weighted by molar-refractivity contribution is -0.147. The maximum Gasteiger partial charge on any atom is 0.252 e. The second-order valence-corrected chi connectivity index (χ2v) is 4.86. The average Bonchev–Trinajstić information content (AvgIpc) is 3.05. The van der Waals surface area contributed by atoms with Crippen molar-refractivity contribution in [3.63, 3.8) is 0 Å². The summed E-state index contributed by atoms with van der Waals surface area (Å²) in [6.07, 6.45) is 2.71. The Balaban J connectivity index is 0.00000180. The van der Waals surface area contributed by atoms with Crippen molar-refractivity contribution >= 4 is 24.2 Å². The van der Waals surface area contributed by atoms with Gasteiger partial charge in [0.15, 0.2) is 0 Å². The highest BCUT2D eigenvalue weighted by molar-refractivity contribution is 5.90. The van der Waals surface area contributed by atoms with Gasteiger partial charge < -0.3 is 20.7 Å². The summed E-state index contributed by atoms with van der Waals surface area (Å²) in [7, 11) is 1.60. The predicted molar refractivity (Wildman–Crippen MR) is 73.0 cm³/mol. The van der Waals surface area contributed by atoms with E-state index in [2.05, 4.69) is 5.32 Å². The van der Waals surface area contributed by atoms with Crippen molar-refractivity contribution in [2.24, 2.45) is 5.73 Å². The highest BCUT2D eigenvalue weighted by Crippen LogP contribution is 2.25. The Morgan fingerprint density at radius 3 is 2.68 bits per heavy atom. The average molecular weight is 292 g/mol. The van der Waals surface area contributed by atoms with Crippen LogP contribution < -0.4 is 11.1 Å². The maximum atomic E-state index is 12.3. The van der Waals surface area contributed by atoms with E-state index in [0.717, 1.165) is 19.3 Å². The molecule has 2 amide bonds. The zero-order valence-electron chi connectivity index (χ0n) is 11.1. The van der Waals surface area contributed by atoms with E-state index >= 15 is 0 Å². The number of hydrogen-bond donors (Lipinski definition) is 2. The number of carbonyl (C=O) groups is 2. The highest BCUT2D eigenvalue weighted by Gasteiger charge is 2.39. The van der Waals surface area contributed by atoms with E-state index in [0.29, 0.717) is 19.5 Å². The van der Waals surface area contributed by atoms with Gasteiger partial charge in [-0.3, -0.25) is 9.59 Å². The van der Waals surface area contributed by atoms with E-state index in [1.54, 1.807) is 11.9 Å². The minimum Gasteiger partial charge on any atom is -0.364 e. The molecular weight excluding hydrogens is 270 g/mol. The molecule has 0 saturated carbocycles. The first-order valence-electron chi connectivity index (χ1n) is 6.55. The maximum absolute atomic E-state index is 12.3. The largest absolute Gasteiger partial charge is 0.364 e. The van der Waals surface area contributed by atoms with Crippen molar-refractivity contribution in [2.75, 3.05) is 20.1 Å². The number of likely N-dealkylation sites (tertiary alicyclic amines) is 1. The minimum atomic E-state index is -0.413. The fraction of sp³-hybridized carbons (Fsp3) is 0.833. The molecule has 6 nitrogen and oxygen atoms in total. The van der Waals surface area contributed by atoms with Gasteiger partial charge in [-0.25, -0.2) is 0 Å². The molecule has 19 heavy (non-hydrogen) atoms. The Bertz CT molecular complexity index is 340. The summed E-state index contributed by atoms with van der Waals surface area (Å²) in [5.74, 6) is -0.147. The number of nitrogens with one attached hydrogen (secondary N) is 1. The van der Waals surface area contributed by atoms with Crippen LogP contribution in [0.25, 0.3) is 0 Å². The molecular formula is C12H22ClN3O3. The van der Waals surface area contributed by atoms with Gasteiger partial charge in [0.25, 0.3) is 5.91 Å². The van der Waals surface area contributed by atoms with Gasteiger partial charge in [-0.05, 0) is 25.7 Å². The van der Waals surface area contributed by atoms with Gasteiger partial charge in [-0.15, -0.1) is 12.4 Å². The van der Waals surface area contributed by atoms with Crippen LogP contribution in [0.2, 0.25) is 0 Å². The van der Waals surface area contributed by atoms with E-state index in [-0.39, 0.29) is 36.4 Å². The monoisotopic (exact) mass is 291 g/mol. The lowest BCUT2D eigenvalue weighted by Crippen LogP contribution is -2.48. The third kappa shape index (κ3) is 3.38. The van der Waals surface area contributed by atoms with Gasteiger partial charge in [-0.1, -0.05) is 0 Å². The summed E-state index contributed by atoms with van der Waals surface area (Å²) < 4.78 is 5.60. The molecule has 0 aromatic heterocycles. The molecule has 2 saturated heterocycles. The first-order chi connectivity index (χ1) is 8.67. The van der Waals surface area contributed by atoms with E-state index in [1.807, 2.05) is 0 Å². The van der Waals surface area contributed by atoms with Crippen molar-refractivity contribution in [1.29, 1.82) is 0 Å². The number of likely N-dealkylation sites (N-methyl/N-ethyl adjacent to an activating group) is 1. The van der Waals surface area contributed by atoms with Gasteiger partial charge in [0, 0.05) is 20.1 Å². The van der Waals surface area contributed by atoms with E-state index in [9.17, 15) is 9.59 Å². The van der Waals surface area contributed by atoms with Crippen molar-refractivity contribution < 1.29 is 14.3 Å². The van der Waals surface area contributed by atoms with E-state index in [1.165, 1.54) is 0 Å². The number of amides is 2. The Kier molecular flexibility index (Phi) is 6.03. The summed E-state index contributed by atoms with van der Waals surface area (Å²) in [4.78, 5) is 25.7. The third-order valence-electron chi connectivity index (χ3n) is 3.73. The van der Waals surface area contributed by atoms with Crippen molar-refractivity contribution in [3.05, 3.63) is 0 Å². The van der Waals surface area contributed by atoms with Gasteiger partial charge in [0.05, 0.1) is 6.10 Å². The Morgan fingerprint density at radius 1 is 1.37 bits per heavy atom. The quantitative estimate of drug-likeness (QED) is 0.744. The number of nitrogens with zero attached hydrogens (tertiary/aromatic N) is 1. The van der Waals surface area contributed by atoms with Crippen LogP contribution in [0, 0.1) is 0 Å². The Morgan fingerprint density at radius 2 is 2.11 bits per heavy atom. The zero-order chi connectivity index (χ0) is 13.1. The lowest BCUT2D eigenvalue weighted by Gasteiger charge is -2.26. The summed E-state index contributed by atoms with van der Waals surface area (Å²) in [6.45, 7) is 1.09. The Hall–Kier alpha value is -0.850. The molecule has 0 aromatic rings. The summed E-state index contributed by atoms with van der Waals surface area (Å²) >= 11 is 0. The second-order valence-electron chi connectivity index (χ2n) is 4.86. The van der Waals surface area contributed by atoms with Gasteiger partial charge in [0.1, 0.15) is 12.1 Å². The van der Waals surface area contributed by atoms with E-state index in [4.69, 9.17) is 10.5 Å². The van der Waals surface area contributed by atoms with E-state index < -0.39 is 6.10 Å². The van der Waals surface area contributed by atoms with Crippen LogP contribution in [0.5, 0.6) is 0 Å². The van der Waals surface area contributed by atoms with Crippen LogP contribution in [0.1, 0.15) is 25.7 Å². The SMILES string of the molecule is CNC(=O)C1CCCN1C(=O)[C@@H]1CC[C@H](CN)O1.Cl. The molecule has 2 rings (SSSR count). The number of nitrogens with two attached hydrogens (primary N) is 1. The van der Waals surface area contributed by atoms with Crippen molar-refractivity contribution in [3.8, 4) is 0 Å². The third-order valence-corrected chi connectivity index (χ3v) is 3.73. The first kappa shape index (κ1) is 16.2. The molecule has 2 heterocycles. The van der Waals surface area contributed by atoms with Gasteiger partial charge in [0.2, 0.25) is 5.91 Å². The molecule has 2 fully saturated rings. The molecule has 3 N–H and O–H groups in total. The number of halogens is 1. The van der Waals surface area contributed by atoms with Crippen LogP contribution in [0.4, 0.5) is 0 Å². The Labute approximate surface area is 119 Å². The fourth-order valence-electron chi connectivity index (χ4n) is 2.72. The van der Waals surface area contributed by atoms with Crippen LogP contribution in [0.3, 0.4) is 0 Å². The minimum absolute atomic E-state index is 0.